The molecule has 4 rings (SSSR count). The average molecular weight is 383 g/mol. The van der Waals surface area contributed by atoms with E-state index >= 15 is 0 Å². The molecule has 2 fully saturated rings. The summed E-state index contributed by atoms with van der Waals surface area (Å²) < 4.78 is 5.20. The molecule has 2 aliphatic rings. The van der Waals surface area contributed by atoms with Gasteiger partial charge in [0.2, 0.25) is 0 Å². The smallest absolute Gasteiger partial charge is 0.289 e. The van der Waals surface area contributed by atoms with E-state index in [1.54, 1.807) is 23.1 Å². The van der Waals surface area contributed by atoms with Gasteiger partial charge < -0.3 is 19.1 Å². The molecule has 2 aliphatic heterocycles. The van der Waals surface area contributed by atoms with Gasteiger partial charge in [0.1, 0.15) is 17.8 Å². The zero-order chi connectivity index (χ0) is 19.5. The lowest BCUT2D eigenvalue weighted by atomic mass is 10.00. The number of hydrogen-bond acceptors (Lipinski definition) is 6. The summed E-state index contributed by atoms with van der Waals surface area (Å²) in [5.74, 6) is 1.50. The van der Waals surface area contributed by atoms with Crippen molar-refractivity contribution < 1.29 is 14.0 Å². The summed E-state index contributed by atoms with van der Waals surface area (Å²) in [4.78, 5) is 39.5. The molecule has 4 heterocycles. The number of piperazine rings is 1. The van der Waals surface area contributed by atoms with E-state index in [4.69, 9.17) is 4.42 Å². The molecule has 8 nitrogen and oxygen atoms in total. The minimum atomic E-state index is -0.0950. The molecule has 0 N–H and O–H groups in total. The summed E-state index contributed by atoms with van der Waals surface area (Å²) in [6.45, 7) is 6.21. The number of hydrogen-bond donors (Lipinski definition) is 0. The largest absolute Gasteiger partial charge is 0.459 e. The monoisotopic (exact) mass is 383 g/mol. The third kappa shape index (κ3) is 3.85. The fourth-order valence-corrected chi connectivity index (χ4v) is 3.87. The van der Waals surface area contributed by atoms with E-state index < -0.39 is 0 Å². The minimum absolute atomic E-state index is 0.0261. The van der Waals surface area contributed by atoms with Gasteiger partial charge in [0.15, 0.2) is 5.76 Å². The first-order valence-corrected chi connectivity index (χ1v) is 9.81. The van der Waals surface area contributed by atoms with Crippen molar-refractivity contribution in [1.29, 1.82) is 0 Å². The summed E-state index contributed by atoms with van der Waals surface area (Å²) in [7, 11) is 0. The van der Waals surface area contributed by atoms with E-state index in [-0.39, 0.29) is 11.8 Å². The SMILES string of the molecule is CC1CCCN(C(=O)c2cc(N3CCN(C(=O)c4ccco4)CC3)ncn2)C1. The number of carbonyl (C=O) groups excluding carboxylic acids is 2. The van der Waals surface area contributed by atoms with Gasteiger partial charge in [-0.15, -0.1) is 0 Å². The van der Waals surface area contributed by atoms with Crippen molar-refractivity contribution in [3.8, 4) is 0 Å². The van der Waals surface area contributed by atoms with Crippen LogP contribution >= 0.6 is 0 Å². The normalized spacial score (nSPS) is 20.3. The van der Waals surface area contributed by atoms with Crippen LogP contribution in [0.15, 0.2) is 35.2 Å². The van der Waals surface area contributed by atoms with Crippen LogP contribution in [-0.2, 0) is 0 Å². The van der Waals surface area contributed by atoms with E-state index in [0.29, 0.717) is 43.6 Å². The van der Waals surface area contributed by atoms with Gasteiger partial charge in [-0.05, 0) is 30.9 Å². The molecule has 0 aliphatic carbocycles. The maximum atomic E-state index is 12.8. The maximum absolute atomic E-state index is 12.8. The number of likely N-dealkylation sites (tertiary alicyclic amines) is 1. The molecule has 148 valence electrons. The van der Waals surface area contributed by atoms with Crippen LogP contribution in [-0.4, -0.2) is 70.9 Å². The predicted molar refractivity (Wildman–Crippen MR) is 103 cm³/mol. The van der Waals surface area contributed by atoms with Crippen LogP contribution in [0.25, 0.3) is 0 Å². The Kier molecular flexibility index (Phi) is 5.27. The Labute approximate surface area is 164 Å². The van der Waals surface area contributed by atoms with Gasteiger partial charge in [-0.3, -0.25) is 9.59 Å². The van der Waals surface area contributed by atoms with Crippen LogP contribution in [0.2, 0.25) is 0 Å². The maximum Gasteiger partial charge on any atom is 0.289 e. The highest BCUT2D eigenvalue weighted by atomic mass is 16.3. The van der Waals surface area contributed by atoms with Gasteiger partial charge in [-0.2, -0.15) is 0 Å². The third-order valence-electron chi connectivity index (χ3n) is 5.44. The Balaban J connectivity index is 1.40. The molecule has 2 aromatic rings. The van der Waals surface area contributed by atoms with E-state index in [0.717, 1.165) is 25.3 Å². The van der Waals surface area contributed by atoms with Gasteiger partial charge >= 0.3 is 0 Å². The molecule has 1 unspecified atom stereocenters. The molecule has 0 saturated carbocycles. The van der Waals surface area contributed by atoms with Crippen molar-refractivity contribution in [2.45, 2.75) is 19.8 Å². The predicted octanol–water partition coefficient (Wildman–Crippen LogP) is 1.90. The molecule has 28 heavy (non-hydrogen) atoms. The van der Waals surface area contributed by atoms with Crippen LogP contribution in [0.5, 0.6) is 0 Å². The quantitative estimate of drug-likeness (QED) is 0.805. The van der Waals surface area contributed by atoms with Crippen LogP contribution < -0.4 is 4.90 Å². The number of carbonyl (C=O) groups is 2. The first kappa shape index (κ1) is 18.5. The van der Waals surface area contributed by atoms with Crippen molar-refractivity contribution in [2.24, 2.45) is 5.92 Å². The van der Waals surface area contributed by atoms with Gasteiger partial charge in [0.25, 0.3) is 11.8 Å². The number of amides is 2. The Hall–Kier alpha value is -2.90. The average Bonchev–Trinajstić information content (AvgIpc) is 3.28. The van der Waals surface area contributed by atoms with Crippen LogP contribution in [0.3, 0.4) is 0 Å². The second-order valence-corrected chi connectivity index (χ2v) is 7.52. The van der Waals surface area contributed by atoms with Crippen LogP contribution in [0.1, 0.15) is 40.8 Å². The van der Waals surface area contributed by atoms with Gasteiger partial charge in [-0.1, -0.05) is 6.92 Å². The molecular formula is C20H25N5O3. The van der Waals surface area contributed by atoms with Gasteiger partial charge in [0, 0.05) is 45.3 Å². The zero-order valence-electron chi connectivity index (χ0n) is 16.1. The van der Waals surface area contributed by atoms with Gasteiger partial charge in [-0.25, -0.2) is 9.97 Å². The molecular weight excluding hydrogens is 358 g/mol. The van der Waals surface area contributed by atoms with E-state index in [9.17, 15) is 9.59 Å². The van der Waals surface area contributed by atoms with Gasteiger partial charge in [0.05, 0.1) is 6.26 Å². The van der Waals surface area contributed by atoms with E-state index in [1.807, 2.05) is 4.90 Å². The van der Waals surface area contributed by atoms with Crippen molar-refractivity contribution in [3.05, 3.63) is 42.2 Å². The van der Waals surface area contributed by atoms with Crippen molar-refractivity contribution in [1.82, 2.24) is 19.8 Å². The lowest BCUT2D eigenvalue weighted by Gasteiger charge is -2.35. The van der Waals surface area contributed by atoms with Crippen molar-refractivity contribution in [3.63, 3.8) is 0 Å². The Bertz CT molecular complexity index is 830. The second-order valence-electron chi connectivity index (χ2n) is 7.52. The minimum Gasteiger partial charge on any atom is -0.459 e. The lowest BCUT2D eigenvalue weighted by Crippen LogP contribution is -2.49. The van der Waals surface area contributed by atoms with Crippen molar-refractivity contribution >= 4 is 17.6 Å². The summed E-state index contributed by atoms with van der Waals surface area (Å²) in [5.41, 5.74) is 0.438. The Morgan fingerprint density at radius 3 is 2.61 bits per heavy atom. The zero-order valence-corrected chi connectivity index (χ0v) is 16.1. The standard InChI is InChI=1S/C20H25N5O3/c1-15-4-2-6-25(13-15)19(26)16-12-18(22-14-21-16)23-7-9-24(10-8-23)20(27)17-5-3-11-28-17/h3,5,11-12,14-15H,2,4,6-10,13H2,1H3. The number of rotatable bonds is 3. The summed E-state index contributed by atoms with van der Waals surface area (Å²) in [6.07, 6.45) is 5.17. The molecule has 8 heteroatoms. The summed E-state index contributed by atoms with van der Waals surface area (Å²) in [5, 5.41) is 0. The van der Waals surface area contributed by atoms with Crippen LogP contribution in [0, 0.1) is 5.92 Å². The van der Waals surface area contributed by atoms with Crippen molar-refractivity contribution in [2.75, 3.05) is 44.2 Å². The number of aromatic nitrogens is 2. The summed E-state index contributed by atoms with van der Waals surface area (Å²) in [6, 6.07) is 5.16. The molecule has 2 aromatic heterocycles. The molecule has 0 bridgehead atoms. The summed E-state index contributed by atoms with van der Waals surface area (Å²) >= 11 is 0. The molecule has 0 aromatic carbocycles. The lowest BCUT2D eigenvalue weighted by molar-refractivity contribution is 0.0676. The number of furan rings is 1. The highest BCUT2D eigenvalue weighted by Gasteiger charge is 2.26. The Morgan fingerprint density at radius 1 is 1.07 bits per heavy atom. The number of anilines is 1. The number of nitrogens with zero attached hydrogens (tertiary/aromatic N) is 5. The third-order valence-corrected chi connectivity index (χ3v) is 5.44. The van der Waals surface area contributed by atoms with E-state index in [2.05, 4.69) is 21.8 Å². The first-order chi connectivity index (χ1) is 13.6. The molecule has 2 saturated heterocycles. The fraction of sp³-hybridized carbons (Fsp3) is 0.500. The second kappa shape index (κ2) is 8.00. The first-order valence-electron chi connectivity index (χ1n) is 9.81. The number of piperidine rings is 1. The topological polar surface area (TPSA) is 82.8 Å². The van der Waals surface area contributed by atoms with E-state index in [1.165, 1.54) is 19.0 Å². The molecule has 0 radical (unpaired) electrons. The fourth-order valence-electron chi connectivity index (χ4n) is 3.87. The highest BCUT2D eigenvalue weighted by molar-refractivity contribution is 5.93. The molecule has 1 atom stereocenters. The highest BCUT2D eigenvalue weighted by Crippen LogP contribution is 2.20. The molecule has 2 amide bonds. The molecule has 0 spiro atoms. The Morgan fingerprint density at radius 2 is 1.89 bits per heavy atom. The van der Waals surface area contributed by atoms with Crippen LogP contribution in [0.4, 0.5) is 5.82 Å².